The van der Waals surface area contributed by atoms with Gasteiger partial charge in [0.15, 0.2) is 5.82 Å². The zero-order valence-corrected chi connectivity index (χ0v) is 14.3. The van der Waals surface area contributed by atoms with Crippen molar-refractivity contribution >= 4 is 17.6 Å². The molecule has 2 heterocycles. The molecule has 1 saturated heterocycles. The van der Waals surface area contributed by atoms with Crippen LogP contribution in [0.3, 0.4) is 0 Å². The molecule has 0 bridgehead atoms. The number of aryl methyl sites for hydroxylation is 1. The van der Waals surface area contributed by atoms with Crippen LogP contribution >= 0.6 is 0 Å². The zero-order chi connectivity index (χ0) is 17.6. The number of hydrogen-bond acceptors (Lipinski definition) is 4. The third-order valence-corrected chi connectivity index (χ3v) is 4.30. The number of hydrogen-bond donors (Lipinski definition) is 2. The Labute approximate surface area is 147 Å². The highest BCUT2D eigenvalue weighted by molar-refractivity contribution is 6.39. The summed E-state index contributed by atoms with van der Waals surface area (Å²) < 4.78 is 1.57. The number of nitrogens with zero attached hydrogens (tertiary/aromatic N) is 3. The molecule has 2 amide bonds. The van der Waals surface area contributed by atoms with E-state index in [1.807, 2.05) is 18.2 Å². The molecule has 7 heteroatoms. The maximum absolute atomic E-state index is 12.4. The molecule has 0 unspecified atom stereocenters. The number of rotatable bonds is 4. The van der Waals surface area contributed by atoms with Gasteiger partial charge >= 0.3 is 11.8 Å². The molecule has 3 rings (SSSR count). The maximum atomic E-state index is 12.4. The van der Waals surface area contributed by atoms with Gasteiger partial charge in [-0.2, -0.15) is 5.10 Å². The summed E-state index contributed by atoms with van der Waals surface area (Å²) >= 11 is 0. The van der Waals surface area contributed by atoms with E-state index >= 15 is 0 Å². The summed E-state index contributed by atoms with van der Waals surface area (Å²) in [7, 11) is 1.76. The molecule has 1 fully saturated rings. The normalized spacial score (nSPS) is 17.3. The van der Waals surface area contributed by atoms with E-state index in [1.165, 1.54) is 5.56 Å². The molecule has 2 aromatic rings. The smallest absolute Gasteiger partial charge is 0.315 e. The molecule has 0 radical (unpaired) electrons. The minimum absolute atomic E-state index is 0.195. The van der Waals surface area contributed by atoms with E-state index in [0.717, 1.165) is 19.4 Å². The van der Waals surface area contributed by atoms with E-state index < -0.39 is 11.8 Å². The average molecular weight is 341 g/mol. The van der Waals surface area contributed by atoms with E-state index in [4.69, 9.17) is 0 Å². The van der Waals surface area contributed by atoms with Gasteiger partial charge in [0.2, 0.25) is 0 Å². The highest BCUT2D eigenvalue weighted by Crippen LogP contribution is 2.12. The van der Waals surface area contributed by atoms with Crippen LogP contribution in [0.25, 0.3) is 0 Å². The van der Waals surface area contributed by atoms with Crippen LogP contribution in [-0.4, -0.2) is 45.6 Å². The molecular formula is C18H23N5O2. The fourth-order valence-electron chi connectivity index (χ4n) is 2.98. The topological polar surface area (TPSA) is 79.3 Å². The molecule has 1 aromatic heterocycles. The molecule has 0 saturated carbocycles. The molecule has 1 aromatic carbocycles. The first-order valence-electron chi connectivity index (χ1n) is 8.49. The summed E-state index contributed by atoms with van der Waals surface area (Å²) in [5.74, 6) is -0.754. The van der Waals surface area contributed by atoms with Gasteiger partial charge in [0.05, 0.1) is 0 Å². The van der Waals surface area contributed by atoms with Crippen molar-refractivity contribution in [2.75, 3.05) is 18.4 Å². The monoisotopic (exact) mass is 341 g/mol. The van der Waals surface area contributed by atoms with Crippen LogP contribution in [-0.2, 0) is 23.2 Å². The second-order valence-electron chi connectivity index (χ2n) is 6.29. The van der Waals surface area contributed by atoms with Crippen molar-refractivity contribution < 1.29 is 9.59 Å². The van der Waals surface area contributed by atoms with Gasteiger partial charge in [-0.1, -0.05) is 30.3 Å². The third-order valence-electron chi connectivity index (χ3n) is 4.30. The highest BCUT2D eigenvalue weighted by Gasteiger charge is 2.28. The van der Waals surface area contributed by atoms with Gasteiger partial charge in [0.1, 0.15) is 0 Å². The number of anilines is 1. The Kier molecular flexibility index (Phi) is 5.45. The minimum Gasteiger partial charge on any atom is -0.333 e. The lowest BCUT2D eigenvalue weighted by Crippen LogP contribution is -2.50. The van der Waals surface area contributed by atoms with E-state index in [2.05, 4.69) is 27.9 Å². The molecule has 1 atom stereocenters. The van der Waals surface area contributed by atoms with E-state index in [-0.39, 0.29) is 6.04 Å². The summed E-state index contributed by atoms with van der Waals surface area (Å²) in [5.41, 5.74) is 1.21. The fraction of sp³-hybridized carbons (Fsp3) is 0.389. The van der Waals surface area contributed by atoms with Gasteiger partial charge in [-0.25, -0.2) is 0 Å². The van der Waals surface area contributed by atoms with Crippen molar-refractivity contribution in [3.8, 4) is 0 Å². The van der Waals surface area contributed by atoms with Crippen molar-refractivity contribution in [1.29, 1.82) is 0 Å². The summed E-state index contributed by atoms with van der Waals surface area (Å²) in [6.07, 6.45) is 3.60. The van der Waals surface area contributed by atoms with Gasteiger partial charge < -0.3 is 15.5 Å². The van der Waals surface area contributed by atoms with Gasteiger partial charge in [0, 0.05) is 45.0 Å². The van der Waals surface area contributed by atoms with Crippen LogP contribution in [0.4, 0.5) is 5.82 Å². The summed E-state index contributed by atoms with van der Waals surface area (Å²) in [6.45, 7) is 1.91. The van der Waals surface area contributed by atoms with E-state index in [9.17, 15) is 9.59 Å². The van der Waals surface area contributed by atoms with Gasteiger partial charge in [-0.15, -0.1) is 0 Å². The molecule has 2 N–H and O–H groups in total. The molecule has 132 valence electrons. The Balaban J connectivity index is 1.51. The lowest BCUT2D eigenvalue weighted by atomic mass is 10.0. The van der Waals surface area contributed by atoms with Crippen molar-refractivity contribution in [2.45, 2.75) is 25.4 Å². The quantitative estimate of drug-likeness (QED) is 0.818. The molecule has 0 aliphatic carbocycles. The molecular weight excluding hydrogens is 318 g/mol. The van der Waals surface area contributed by atoms with Crippen LogP contribution in [0.1, 0.15) is 18.4 Å². The second kappa shape index (κ2) is 7.94. The number of carbonyl (C=O) groups excluding carboxylic acids is 2. The number of nitrogens with one attached hydrogen (secondary N) is 2. The van der Waals surface area contributed by atoms with Crippen LogP contribution in [0, 0.1) is 0 Å². The van der Waals surface area contributed by atoms with Crippen molar-refractivity contribution in [2.24, 2.45) is 7.05 Å². The van der Waals surface area contributed by atoms with Gasteiger partial charge in [-0.05, 0) is 18.4 Å². The van der Waals surface area contributed by atoms with Crippen LogP contribution in [0.5, 0.6) is 0 Å². The highest BCUT2D eigenvalue weighted by atomic mass is 16.2. The molecule has 0 spiro atoms. The summed E-state index contributed by atoms with van der Waals surface area (Å²) in [4.78, 5) is 26.1. The minimum atomic E-state index is -0.637. The number of amides is 2. The standard InChI is InChI=1S/C18H23N5O2/c1-22-11-9-16(21-22)20-17(24)18(25)23-10-5-8-15(13-23)19-12-14-6-3-2-4-7-14/h2-4,6-7,9,11,15,19H,5,8,10,12-13H2,1H3,(H,20,21,24)/t15-/m1/s1. The van der Waals surface area contributed by atoms with Gasteiger partial charge in [0.25, 0.3) is 0 Å². The van der Waals surface area contributed by atoms with E-state index in [0.29, 0.717) is 18.9 Å². The van der Waals surface area contributed by atoms with Crippen LogP contribution in [0.2, 0.25) is 0 Å². The van der Waals surface area contributed by atoms with Crippen molar-refractivity contribution in [3.05, 3.63) is 48.2 Å². The second-order valence-corrected chi connectivity index (χ2v) is 6.29. The average Bonchev–Trinajstić information content (AvgIpc) is 3.05. The molecule has 7 nitrogen and oxygen atoms in total. The Bertz CT molecular complexity index is 728. The fourth-order valence-corrected chi connectivity index (χ4v) is 2.98. The number of aromatic nitrogens is 2. The van der Waals surface area contributed by atoms with E-state index in [1.54, 1.807) is 28.9 Å². The number of benzene rings is 1. The third kappa shape index (κ3) is 4.67. The molecule has 1 aliphatic rings. The largest absolute Gasteiger partial charge is 0.333 e. The Morgan fingerprint density at radius 2 is 2.04 bits per heavy atom. The lowest BCUT2D eigenvalue weighted by molar-refractivity contribution is -0.144. The SMILES string of the molecule is Cn1ccc(NC(=O)C(=O)N2CCC[C@@H](NCc3ccccc3)C2)n1. The van der Waals surface area contributed by atoms with Gasteiger partial charge in [-0.3, -0.25) is 14.3 Å². The predicted octanol–water partition coefficient (Wildman–Crippen LogP) is 1.14. The Hall–Kier alpha value is -2.67. The number of piperidine rings is 1. The van der Waals surface area contributed by atoms with Crippen molar-refractivity contribution in [3.63, 3.8) is 0 Å². The molecule has 25 heavy (non-hydrogen) atoms. The van der Waals surface area contributed by atoms with Crippen molar-refractivity contribution in [1.82, 2.24) is 20.0 Å². The van der Waals surface area contributed by atoms with Crippen LogP contribution in [0.15, 0.2) is 42.6 Å². The Morgan fingerprint density at radius 3 is 2.76 bits per heavy atom. The lowest BCUT2D eigenvalue weighted by Gasteiger charge is -2.32. The zero-order valence-electron chi connectivity index (χ0n) is 14.3. The molecule has 1 aliphatic heterocycles. The summed E-state index contributed by atoms with van der Waals surface area (Å²) in [5, 5.41) is 10.1. The summed E-state index contributed by atoms with van der Waals surface area (Å²) in [6, 6.07) is 12.0. The predicted molar refractivity (Wildman–Crippen MR) is 94.7 cm³/mol. The number of carbonyl (C=O) groups is 2. The Morgan fingerprint density at radius 1 is 1.24 bits per heavy atom. The maximum Gasteiger partial charge on any atom is 0.315 e. The first kappa shape index (κ1) is 17.2. The first-order chi connectivity index (χ1) is 12.1. The number of likely N-dealkylation sites (tertiary alicyclic amines) is 1. The first-order valence-corrected chi connectivity index (χ1v) is 8.49. The van der Waals surface area contributed by atoms with Crippen LogP contribution < -0.4 is 10.6 Å².